The zero-order valence-corrected chi connectivity index (χ0v) is 7.90. The highest BCUT2D eigenvalue weighted by molar-refractivity contribution is 5.77. The van der Waals surface area contributed by atoms with Crippen LogP contribution in [0.3, 0.4) is 0 Å². The number of carbonyl (C=O) groups is 1. The fraction of sp³-hybridized carbons (Fsp3) is 0.364. The van der Waals surface area contributed by atoms with Crippen LogP contribution in [0, 0.1) is 5.92 Å². The first-order chi connectivity index (χ1) is 6.54. The summed E-state index contributed by atoms with van der Waals surface area (Å²) < 4.78 is 0. The Morgan fingerprint density at radius 1 is 1.57 bits per heavy atom. The molecule has 0 aromatic heterocycles. The van der Waals surface area contributed by atoms with Gasteiger partial charge >= 0.3 is 5.97 Å². The van der Waals surface area contributed by atoms with E-state index in [2.05, 4.69) is 0 Å². The number of phenols is 1. The summed E-state index contributed by atoms with van der Waals surface area (Å²) in [5.74, 6) is -0.861. The van der Waals surface area contributed by atoms with Crippen molar-refractivity contribution in [3.63, 3.8) is 0 Å². The molecule has 1 saturated carbocycles. The molecule has 74 valence electrons. The molecule has 0 bridgehead atoms. The molecule has 2 N–H and O–H groups in total. The van der Waals surface area contributed by atoms with E-state index in [0.717, 1.165) is 5.56 Å². The number of hydrogen-bond donors (Lipinski definition) is 2. The minimum absolute atomic E-state index is 0.194. The van der Waals surface area contributed by atoms with E-state index in [1.54, 1.807) is 18.2 Å². The van der Waals surface area contributed by atoms with E-state index in [-0.39, 0.29) is 17.1 Å². The van der Waals surface area contributed by atoms with Gasteiger partial charge in [-0.2, -0.15) is 0 Å². The van der Waals surface area contributed by atoms with E-state index in [4.69, 9.17) is 5.11 Å². The Labute approximate surface area is 82.0 Å². The van der Waals surface area contributed by atoms with Crippen molar-refractivity contribution in [2.75, 3.05) is 0 Å². The number of aliphatic carboxylic acids is 1. The molecule has 2 atom stereocenters. The zero-order chi connectivity index (χ0) is 10.3. The minimum Gasteiger partial charge on any atom is -0.508 e. The first-order valence-electron chi connectivity index (χ1n) is 4.56. The topological polar surface area (TPSA) is 57.5 Å². The lowest BCUT2D eigenvalue weighted by molar-refractivity contribution is -0.138. The largest absolute Gasteiger partial charge is 0.508 e. The van der Waals surface area contributed by atoms with Crippen molar-refractivity contribution < 1.29 is 15.0 Å². The normalized spacial score (nSPS) is 29.9. The van der Waals surface area contributed by atoms with E-state index in [0.29, 0.717) is 6.42 Å². The molecular weight excluding hydrogens is 180 g/mol. The second-order valence-corrected chi connectivity index (χ2v) is 4.06. The van der Waals surface area contributed by atoms with Crippen molar-refractivity contribution >= 4 is 5.97 Å². The fourth-order valence-corrected chi connectivity index (χ4v) is 1.91. The Hall–Kier alpha value is -1.51. The molecule has 3 heteroatoms. The highest BCUT2D eigenvalue weighted by atomic mass is 16.4. The summed E-state index contributed by atoms with van der Waals surface area (Å²) in [6, 6.07) is 6.84. The number of carboxylic acids is 1. The molecule has 1 aromatic rings. The third-order valence-corrected chi connectivity index (χ3v) is 3.04. The van der Waals surface area contributed by atoms with Gasteiger partial charge in [0.05, 0.1) is 5.92 Å². The lowest BCUT2D eigenvalue weighted by Crippen LogP contribution is -2.10. The first kappa shape index (κ1) is 9.06. The molecule has 1 fully saturated rings. The van der Waals surface area contributed by atoms with Crippen LogP contribution in [0.2, 0.25) is 0 Å². The Bertz CT molecular complexity index is 386. The molecule has 14 heavy (non-hydrogen) atoms. The van der Waals surface area contributed by atoms with Crippen LogP contribution in [0.4, 0.5) is 0 Å². The van der Waals surface area contributed by atoms with E-state index in [9.17, 15) is 9.90 Å². The van der Waals surface area contributed by atoms with Crippen molar-refractivity contribution in [1.29, 1.82) is 0 Å². The van der Waals surface area contributed by atoms with Gasteiger partial charge in [-0.1, -0.05) is 19.1 Å². The predicted molar refractivity (Wildman–Crippen MR) is 51.2 cm³/mol. The minimum atomic E-state index is -0.754. The molecule has 3 nitrogen and oxygen atoms in total. The van der Waals surface area contributed by atoms with Crippen molar-refractivity contribution in [3.8, 4) is 5.75 Å². The van der Waals surface area contributed by atoms with Crippen LogP contribution >= 0.6 is 0 Å². The third-order valence-electron chi connectivity index (χ3n) is 3.04. The summed E-state index contributed by atoms with van der Waals surface area (Å²) in [5, 5.41) is 18.1. The average Bonchev–Trinajstić information content (AvgIpc) is 2.80. The maximum Gasteiger partial charge on any atom is 0.307 e. The molecule has 0 unspecified atom stereocenters. The lowest BCUT2D eigenvalue weighted by atomic mass is 9.95. The number of benzene rings is 1. The van der Waals surface area contributed by atoms with E-state index >= 15 is 0 Å². The van der Waals surface area contributed by atoms with E-state index < -0.39 is 5.97 Å². The van der Waals surface area contributed by atoms with Gasteiger partial charge in [-0.05, 0) is 24.1 Å². The molecule has 0 spiro atoms. The van der Waals surface area contributed by atoms with Gasteiger partial charge in [0.15, 0.2) is 0 Å². The summed E-state index contributed by atoms with van der Waals surface area (Å²) in [4.78, 5) is 10.8. The van der Waals surface area contributed by atoms with Crippen molar-refractivity contribution in [2.45, 2.75) is 18.8 Å². The molecule has 0 aliphatic heterocycles. The molecule has 0 amide bonds. The lowest BCUT2D eigenvalue weighted by Gasteiger charge is -2.09. The molecule has 1 aliphatic rings. The van der Waals surface area contributed by atoms with Gasteiger partial charge in [0.2, 0.25) is 0 Å². The summed E-state index contributed by atoms with van der Waals surface area (Å²) in [6.07, 6.45) is 0.659. The van der Waals surface area contributed by atoms with Crippen LogP contribution in [0.25, 0.3) is 0 Å². The van der Waals surface area contributed by atoms with E-state index in [1.165, 1.54) is 0 Å². The fourth-order valence-electron chi connectivity index (χ4n) is 1.91. The van der Waals surface area contributed by atoms with Crippen LogP contribution < -0.4 is 0 Å². The van der Waals surface area contributed by atoms with E-state index in [1.807, 2.05) is 13.0 Å². The average molecular weight is 192 g/mol. The van der Waals surface area contributed by atoms with Gasteiger partial charge in [0.1, 0.15) is 5.75 Å². The van der Waals surface area contributed by atoms with Gasteiger partial charge < -0.3 is 10.2 Å². The monoisotopic (exact) mass is 192 g/mol. The second kappa shape index (κ2) is 2.74. The van der Waals surface area contributed by atoms with Gasteiger partial charge in [0, 0.05) is 5.41 Å². The highest BCUT2D eigenvalue weighted by Gasteiger charge is 2.55. The Morgan fingerprint density at radius 3 is 2.79 bits per heavy atom. The quantitative estimate of drug-likeness (QED) is 0.750. The van der Waals surface area contributed by atoms with Crippen LogP contribution in [0.1, 0.15) is 18.9 Å². The van der Waals surface area contributed by atoms with Gasteiger partial charge in [-0.15, -0.1) is 0 Å². The molecular formula is C11H12O3. The third kappa shape index (κ3) is 1.25. The second-order valence-electron chi connectivity index (χ2n) is 4.06. The summed E-state index contributed by atoms with van der Waals surface area (Å²) in [6.45, 7) is 1.92. The SMILES string of the molecule is C[C@]1(c2cccc(O)c2)C[C@@H]1C(=O)O. The maximum atomic E-state index is 10.8. The Balaban J connectivity index is 2.30. The van der Waals surface area contributed by atoms with Gasteiger partial charge in [-0.25, -0.2) is 0 Å². The Morgan fingerprint density at radius 2 is 2.29 bits per heavy atom. The van der Waals surface area contributed by atoms with Crippen LogP contribution in [0.5, 0.6) is 5.75 Å². The molecule has 0 radical (unpaired) electrons. The van der Waals surface area contributed by atoms with Crippen molar-refractivity contribution in [2.24, 2.45) is 5.92 Å². The predicted octanol–water partition coefficient (Wildman–Crippen LogP) is 1.75. The number of carboxylic acid groups (broad SMARTS) is 1. The standard InChI is InChI=1S/C11H12O3/c1-11(6-9(11)10(13)14)7-3-2-4-8(12)5-7/h2-5,9,12H,6H2,1H3,(H,13,14)/t9-,11-/m1/s1. The highest BCUT2D eigenvalue weighted by Crippen LogP contribution is 2.54. The molecule has 1 aromatic carbocycles. The van der Waals surface area contributed by atoms with Crippen LogP contribution in [0.15, 0.2) is 24.3 Å². The number of rotatable bonds is 2. The van der Waals surface area contributed by atoms with Crippen molar-refractivity contribution in [1.82, 2.24) is 0 Å². The van der Waals surface area contributed by atoms with Gasteiger partial charge in [-0.3, -0.25) is 4.79 Å². The number of aromatic hydroxyl groups is 1. The van der Waals surface area contributed by atoms with Crippen LogP contribution in [-0.2, 0) is 10.2 Å². The summed E-state index contributed by atoms with van der Waals surface area (Å²) >= 11 is 0. The summed E-state index contributed by atoms with van der Waals surface area (Å²) in [7, 11) is 0. The molecule has 0 heterocycles. The number of phenolic OH excluding ortho intramolecular Hbond substituents is 1. The van der Waals surface area contributed by atoms with Crippen molar-refractivity contribution in [3.05, 3.63) is 29.8 Å². The number of hydrogen-bond acceptors (Lipinski definition) is 2. The van der Waals surface area contributed by atoms with Gasteiger partial charge in [0.25, 0.3) is 0 Å². The molecule has 2 rings (SSSR count). The smallest absolute Gasteiger partial charge is 0.307 e. The Kier molecular flexibility index (Phi) is 1.77. The zero-order valence-electron chi connectivity index (χ0n) is 7.90. The first-order valence-corrected chi connectivity index (χ1v) is 4.56. The maximum absolute atomic E-state index is 10.8. The molecule has 0 saturated heterocycles. The molecule has 1 aliphatic carbocycles. The summed E-state index contributed by atoms with van der Waals surface area (Å²) in [5.41, 5.74) is 0.620. The van der Waals surface area contributed by atoms with Crippen LogP contribution in [-0.4, -0.2) is 16.2 Å².